The fourth-order valence-corrected chi connectivity index (χ4v) is 4.98. The Labute approximate surface area is 163 Å². The molecule has 2 aromatic carbocycles. The third-order valence-electron chi connectivity index (χ3n) is 4.18. The molecule has 27 heavy (non-hydrogen) atoms. The minimum Gasteiger partial charge on any atom is -0.495 e. The standard InChI is InChI=1S/C19H17N3O3S2/c1-4-22-15-12(24-2)9-10-13(25-3)16(15)27-19(22)21-17(23)18-20-11-7-5-6-8-14(11)26-18/h5-10H,4H2,1-3H3. The first-order valence-corrected chi connectivity index (χ1v) is 9.98. The number of aryl methyl sites for hydroxylation is 1. The van der Waals surface area contributed by atoms with Gasteiger partial charge in [-0.15, -0.1) is 11.3 Å². The Hall–Kier alpha value is -2.71. The van der Waals surface area contributed by atoms with Crippen molar-refractivity contribution in [1.82, 2.24) is 9.55 Å². The Morgan fingerprint density at radius 2 is 1.85 bits per heavy atom. The molecule has 0 saturated heterocycles. The van der Waals surface area contributed by atoms with Crippen LogP contribution in [0.5, 0.6) is 11.5 Å². The van der Waals surface area contributed by atoms with Gasteiger partial charge >= 0.3 is 5.91 Å². The van der Waals surface area contributed by atoms with Gasteiger partial charge in [0.15, 0.2) is 9.81 Å². The predicted octanol–water partition coefficient (Wildman–Crippen LogP) is 4.09. The summed E-state index contributed by atoms with van der Waals surface area (Å²) in [6.07, 6.45) is 0. The van der Waals surface area contributed by atoms with E-state index in [1.165, 1.54) is 22.7 Å². The molecule has 0 saturated carbocycles. The van der Waals surface area contributed by atoms with Gasteiger partial charge in [0.05, 0.1) is 24.4 Å². The van der Waals surface area contributed by atoms with Crippen LogP contribution in [0.2, 0.25) is 0 Å². The molecule has 0 aliphatic carbocycles. The second-order valence-corrected chi connectivity index (χ2v) is 7.69. The van der Waals surface area contributed by atoms with Crippen LogP contribution in [-0.2, 0) is 6.54 Å². The molecule has 4 aromatic rings. The van der Waals surface area contributed by atoms with Gasteiger partial charge in [0.2, 0.25) is 0 Å². The van der Waals surface area contributed by atoms with Gasteiger partial charge in [-0.3, -0.25) is 4.79 Å². The van der Waals surface area contributed by atoms with Crippen molar-refractivity contribution in [2.24, 2.45) is 4.99 Å². The van der Waals surface area contributed by atoms with Crippen molar-refractivity contribution in [2.45, 2.75) is 13.5 Å². The number of hydrogen-bond acceptors (Lipinski definition) is 6. The van der Waals surface area contributed by atoms with Crippen LogP contribution in [0, 0.1) is 0 Å². The summed E-state index contributed by atoms with van der Waals surface area (Å²) in [5.74, 6) is 1.10. The zero-order valence-corrected chi connectivity index (χ0v) is 16.7. The molecular formula is C19H17N3O3S2. The van der Waals surface area contributed by atoms with E-state index in [0.29, 0.717) is 16.4 Å². The lowest BCUT2D eigenvalue weighted by Crippen LogP contribution is -2.16. The van der Waals surface area contributed by atoms with Gasteiger partial charge < -0.3 is 14.0 Å². The average Bonchev–Trinajstić information content (AvgIpc) is 3.28. The molecule has 2 aromatic heterocycles. The zero-order chi connectivity index (χ0) is 19.0. The number of amides is 1. The number of ether oxygens (including phenoxy) is 2. The van der Waals surface area contributed by atoms with E-state index in [2.05, 4.69) is 9.98 Å². The van der Waals surface area contributed by atoms with Crippen molar-refractivity contribution in [3.05, 3.63) is 46.2 Å². The Kier molecular flexibility index (Phi) is 4.67. The molecule has 0 fully saturated rings. The van der Waals surface area contributed by atoms with Crippen LogP contribution in [0.15, 0.2) is 41.4 Å². The number of aromatic nitrogens is 2. The fraction of sp³-hybridized carbons (Fsp3) is 0.211. The summed E-state index contributed by atoms with van der Waals surface area (Å²) in [6, 6.07) is 11.4. The number of methoxy groups -OCH3 is 2. The number of fused-ring (bicyclic) bond motifs is 2. The second-order valence-electron chi connectivity index (χ2n) is 5.68. The van der Waals surface area contributed by atoms with Crippen LogP contribution in [0.3, 0.4) is 0 Å². The van der Waals surface area contributed by atoms with Gasteiger partial charge in [-0.2, -0.15) is 4.99 Å². The molecular weight excluding hydrogens is 382 g/mol. The topological polar surface area (TPSA) is 65.7 Å². The maximum absolute atomic E-state index is 12.7. The molecule has 0 aliphatic rings. The van der Waals surface area contributed by atoms with Crippen molar-refractivity contribution in [3.63, 3.8) is 0 Å². The molecule has 0 aliphatic heterocycles. The van der Waals surface area contributed by atoms with Crippen molar-refractivity contribution in [2.75, 3.05) is 14.2 Å². The minimum absolute atomic E-state index is 0.345. The molecule has 8 heteroatoms. The molecule has 4 rings (SSSR count). The third kappa shape index (κ3) is 3.00. The van der Waals surface area contributed by atoms with E-state index in [9.17, 15) is 4.79 Å². The lowest BCUT2D eigenvalue weighted by molar-refractivity contribution is 0.0997. The van der Waals surface area contributed by atoms with E-state index in [1.807, 2.05) is 47.9 Å². The molecule has 0 bridgehead atoms. The largest absolute Gasteiger partial charge is 0.495 e. The molecule has 2 heterocycles. The average molecular weight is 399 g/mol. The van der Waals surface area contributed by atoms with Gasteiger partial charge in [0.25, 0.3) is 0 Å². The van der Waals surface area contributed by atoms with Crippen molar-refractivity contribution < 1.29 is 14.3 Å². The molecule has 0 unspecified atom stereocenters. The summed E-state index contributed by atoms with van der Waals surface area (Å²) < 4.78 is 14.8. The summed E-state index contributed by atoms with van der Waals surface area (Å²) in [6.45, 7) is 2.65. The van der Waals surface area contributed by atoms with E-state index < -0.39 is 0 Å². The summed E-state index contributed by atoms with van der Waals surface area (Å²) >= 11 is 2.76. The molecule has 6 nitrogen and oxygen atoms in total. The minimum atomic E-state index is -0.345. The molecule has 138 valence electrons. The second kappa shape index (κ2) is 7.13. The number of carbonyl (C=O) groups excluding carboxylic acids is 1. The van der Waals surface area contributed by atoms with Crippen molar-refractivity contribution >= 4 is 49.0 Å². The summed E-state index contributed by atoms with van der Waals surface area (Å²) in [5, 5.41) is 0.384. The number of thiazole rings is 2. The maximum Gasteiger partial charge on any atom is 0.308 e. The Bertz CT molecular complexity index is 1190. The van der Waals surface area contributed by atoms with E-state index in [-0.39, 0.29) is 5.91 Å². The van der Waals surface area contributed by atoms with Gasteiger partial charge in [-0.1, -0.05) is 23.5 Å². The molecule has 0 N–H and O–H groups in total. The summed E-state index contributed by atoms with van der Waals surface area (Å²) in [5.41, 5.74) is 1.68. The Morgan fingerprint density at radius 1 is 1.11 bits per heavy atom. The quantitative estimate of drug-likeness (QED) is 0.518. The predicted molar refractivity (Wildman–Crippen MR) is 108 cm³/mol. The van der Waals surface area contributed by atoms with E-state index in [0.717, 1.165) is 31.9 Å². The highest BCUT2D eigenvalue weighted by Gasteiger charge is 2.17. The number of hydrogen-bond donors (Lipinski definition) is 0. The van der Waals surface area contributed by atoms with Gasteiger partial charge in [-0.05, 0) is 31.2 Å². The van der Waals surface area contributed by atoms with Crippen molar-refractivity contribution in [3.8, 4) is 11.5 Å². The number of benzene rings is 2. The SMILES string of the molecule is CCn1c(=NC(=O)c2nc3ccccc3s2)sc2c(OC)ccc(OC)c21. The highest BCUT2D eigenvalue weighted by atomic mass is 32.1. The molecule has 1 amide bonds. The lowest BCUT2D eigenvalue weighted by Gasteiger charge is -2.08. The third-order valence-corrected chi connectivity index (χ3v) is 6.30. The van der Waals surface area contributed by atoms with Crippen LogP contribution in [0.25, 0.3) is 20.4 Å². The number of nitrogens with zero attached hydrogens (tertiary/aromatic N) is 3. The van der Waals surface area contributed by atoms with Gasteiger partial charge in [0.1, 0.15) is 21.7 Å². The van der Waals surface area contributed by atoms with Crippen molar-refractivity contribution in [1.29, 1.82) is 0 Å². The first kappa shape index (κ1) is 17.7. The number of carbonyl (C=O) groups is 1. The maximum atomic E-state index is 12.7. The fourth-order valence-electron chi connectivity index (χ4n) is 2.93. The van der Waals surface area contributed by atoms with Gasteiger partial charge in [0, 0.05) is 6.54 Å². The summed E-state index contributed by atoms with van der Waals surface area (Å²) in [4.78, 5) is 22.1. The van der Waals surface area contributed by atoms with Crippen LogP contribution in [0.4, 0.5) is 0 Å². The van der Waals surface area contributed by atoms with Crippen LogP contribution < -0.4 is 14.3 Å². The van der Waals surface area contributed by atoms with E-state index in [4.69, 9.17) is 9.47 Å². The monoisotopic (exact) mass is 399 g/mol. The lowest BCUT2D eigenvalue weighted by atomic mass is 10.3. The first-order valence-electron chi connectivity index (χ1n) is 8.35. The summed E-state index contributed by atoms with van der Waals surface area (Å²) in [7, 11) is 3.25. The Balaban J connectivity index is 1.90. The smallest absolute Gasteiger partial charge is 0.308 e. The van der Waals surface area contributed by atoms with E-state index >= 15 is 0 Å². The van der Waals surface area contributed by atoms with Crippen LogP contribution in [0.1, 0.15) is 16.7 Å². The normalized spacial score (nSPS) is 12.0. The van der Waals surface area contributed by atoms with Gasteiger partial charge in [-0.25, -0.2) is 4.98 Å². The highest BCUT2D eigenvalue weighted by molar-refractivity contribution is 7.20. The highest BCUT2D eigenvalue weighted by Crippen LogP contribution is 2.35. The number of rotatable bonds is 4. The zero-order valence-electron chi connectivity index (χ0n) is 15.1. The molecule has 0 spiro atoms. The van der Waals surface area contributed by atoms with E-state index in [1.54, 1.807) is 14.2 Å². The number of para-hydroxylation sites is 1. The van der Waals surface area contributed by atoms with Crippen LogP contribution in [-0.4, -0.2) is 29.7 Å². The van der Waals surface area contributed by atoms with Crippen LogP contribution >= 0.6 is 22.7 Å². The molecule has 0 radical (unpaired) electrons. The molecule has 0 atom stereocenters. The Morgan fingerprint density at radius 3 is 2.56 bits per heavy atom. The first-order chi connectivity index (χ1) is 13.2.